The van der Waals surface area contributed by atoms with Crippen LogP contribution >= 0.6 is 0 Å². The molecule has 5 heteroatoms. The highest BCUT2D eigenvalue weighted by Gasteiger charge is 2.07. The fourth-order valence-corrected chi connectivity index (χ4v) is 2.35. The summed E-state index contributed by atoms with van der Waals surface area (Å²) in [6.45, 7) is 1.62. The molecule has 0 aliphatic heterocycles. The fraction of sp³-hybridized carbons (Fsp3) is 0.714. The van der Waals surface area contributed by atoms with Crippen molar-refractivity contribution < 1.29 is 24.5 Å². The third kappa shape index (κ3) is 17.4. The summed E-state index contributed by atoms with van der Waals surface area (Å²) in [5, 5.41) is 17.7. The van der Waals surface area contributed by atoms with Crippen molar-refractivity contribution in [3.05, 3.63) is 24.3 Å². The fourth-order valence-electron chi connectivity index (χ4n) is 2.35. The number of ether oxygens (including phenoxy) is 1. The minimum atomic E-state index is -0.998. The molecule has 0 aromatic carbocycles. The lowest BCUT2D eigenvalue weighted by Crippen LogP contribution is -2.21. The first-order chi connectivity index (χ1) is 12.6. The number of aliphatic hydroxyl groups excluding tert-OH is 2. The number of hydrogen-bond donors (Lipinski definition) is 2. The molecule has 5 nitrogen and oxygen atoms in total. The molecule has 2 N–H and O–H groups in total. The normalized spacial score (nSPS) is 12.7. The van der Waals surface area contributed by atoms with Gasteiger partial charge in [-0.15, -0.1) is 0 Å². The van der Waals surface area contributed by atoms with E-state index in [2.05, 4.69) is 13.0 Å². The molecule has 0 saturated heterocycles. The number of hydrogen-bond acceptors (Lipinski definition) is 5. The van der Waals surface area contributed by atoms with E-state index in [4.69, 9.17) is 14.9 Å². The highest BCUT2D eigenvalue weighted by atomic mass is 16.5. The largest absolute Gasteiger partial charge is 0.463 e. The van der Waals surface area contributed by atoms with Crippen LogP contribution in [0.2, 0.25) is 0 Å². The minimum Gasteiger partial charge on any atom is -0.463 e. The van der Waals surface area contributed by atoms with Crippen LogP contribution in [0.15, 0.2) is 24.3 Å². The molecule has 0 aromatic heterocycles. The molecule has 0 aliphatic rings. The van der Waals surface area contributed by atoms with Crippen LogP contribution in [-0.2, 0) is 14.3 Å². The molecule has 0 aromatic rings. The summed E-state index contributed by atoms with van der Waals surface area (Å²) < 4.78 is 4.82. The molecule has 0 radical (unpaired) electrons. The maximum absolute atomic E-state index is 11.7. The maximum atomic E-state index is 11.7. The van der Waals surface area contributed by atoms with Gasteiger partial charge in [-0.1, -0.05) is 57.3 Å². The predicted octanol–water partition coefficient (Wildman–Crippen LogP) is 3.88. The average Bonchev–Trinajstić information content (AvgIpc) is 2.64. The number of aliphatic hydroxyl groups is 2. The number of rotatable bonds is 17. The summed E-state index contributed by atoms with van der Waals surface area (Å²) in [5.74, 6) is -0.185. The van der Waals surface area contributed by atoms with Crippen LogP contribution in [0.25, 0.3) is 0 Å². The third-order valence-corrected chi connectivity index (χ3v) is 3.96. The quantitative estimate of drug-likeness (QED) is 0.176. The van der Waals surface area contributed by atoms with Crippen LogP contribution < -0.4 is 0 Å². The molecular weight excluding hydrogens is 332 g/mol. The lowest BCUT2D eigenvalue weighted by Gasteiger charge is -2.08. The van der Waals surface area contributed by atoms with Gasteiger partial charge in [0.1, 0.15) is 12.7 Å². The molecule has 1 atom stereocenters. The Balaban J connectivity index is 3.48. The van der Waals surface area contributed by atoms with E-state index >= 15 is 0 Å². The minimum absolute atomic E-state index is 0.154. The van der Waals surface area contributed by atoms with E-state index in [-0.39, 0.29) is 18.4 Å². The molecule has 0 bridgehead atoms. The van der Waals surface area contributed by atoms with Crippen molar-refractivity contribution in [2.75, 3.05) is 13.2 Å². The van der Waals surface area contributed by atoms with Crippen LogP contribution in [0, 0.1) is 0 Å². The van der Waals surface area contributed by atoms with Gasteiger partial charge in [-0.2, -0.15) is 0 Å². The van der Waals surface area contributed by atoms with Crippen molar-refractivity contribution in [1.29, 1.82) is 0 Å². The summed E-state index contributed by atoms with van der Waals surface area (Å²) in [4.78, 5) is 23.1. The zero-order valence-electron chi connectivity index (χ0n) is 16.2. The first-order valence-electron chi connectivity index (χ1n) is 9.90. The summed E-state index contributed by atoms with van der Waals surface area (Å²) in [6.07, 6.45) is 16.7. The van der Waals surface area contributed by atoms with Crippen molar-refractivity contribution in [3.8, 4) is 0 Å². The highest BCUT2D eigenvalue weighted by Crippen LogP contribution is 2.08. The Bertz CT molecular complexity index is 415. The van der Waals surface area contributed by atoms with Gasteiger partial charge in [-0.3, -0.25) is 9.59 Å². The Labute approximate surface area is 158 Å². The van der Waals surface area contributed by atoms with E-state index in [9.17, 15) is 9.59 Å². The van der Waals surface area contributed by atoms with Crippen LogP contribution in [-0.4, -0.2) is 41.3 Å². The smallest absolute Gasteiger partial charge is 0.305 e. The zero-order chi connectivity index (χ0) is 19.5. The number of unbranched alkanes of at least 4 members (excludes halogenated alkanes) is 7. The Morgan fingerprint density at radius 2 is 1.65 bits per heavy atom. The molecule has 0 aliphatic carbocycles. The third-order valence-electron chi connectivity index (χ3n) is 3.96. The lowest BCUT2D eigenvalue weighted by atomic mass is 10.1. The SMILES string of the molecule is CCCCC/C=C\C=C\C(=O)CCCCCCCC(=O)OC[C@@H](O)CO. The molecule has 0 amide bonds. The molecular formula is C21H36O5. The van der Waals surface area contributed by atoms with Crippen LogP contribution in [0.5, 0.6) is 0 Å². The van der Waals surface area contributed by atoms with Gasteiger partial charge >= 0.3 is 5.97 Å². The van der Waals surface area contributed by atoms with E-state index in [1.165, 1.54) is 19.3 Å². The summed E-state index contributed by atoms with van der Waals surface area (Å²) >= 11 is 0. The average molecular weight is 369 g/mol. The van der Waals surface area contributed by atoms with Crippen molar-refractivity contribution in [1.82, 2.24) is 0 Å². The van der Waals surface area contributed by atoms with Crippen LogP contribution in [0.3, 0.4) is 0 Å². The molecule has 0 spiro atoms. The van der Waals surface area contributed by atoms with E-state index in [0.717, 1.165) is 38.5 Å². The molecule has 0 rings (SSSR count). The first kappa shape index (κ1) is 24.5. The monoisotopic (exact) mass is 368 g/mol. The van der Waals surface area contributed by atoms with Gasteiger partial charge in [0.15, 0.2) is 5.78 Å². The Hall–Kier alpha value is -1.46. The summed E-state index contributed by atoms with van der Waals surface area (Å²) in [6, 6.07) is 0. The second kappa shape index (κ2) is 18.3. The van der Waals surface area contributed by atoms with E-state index < -0.39 is 12.7 Å². The number of ketones is 1. The molecule has 0 saturated carbocycles. The number of esters is 1. The molecule has 0 heterocycles. The Morgan fingerprint density at radius 1 is 0.962 bits per heavy atom. The molecule has 0 fully saturated rings. The molecule has 0 unspecified atom stereocenters. The highest BCUT2D eigenvalue weighted by molar-refractivity contribution is 5.89. The second-order valence-corrected chi connectivity index (χ2v) is 6.54. The van der Waals surface area contributed by atoms with Crippen LogP contribution in [0.1, 0.15) is 77.6 Å². The predicted molar refractivity (Wildman–Crippen MR) is 104 cm³/mol. The van der Waals surface area contributed by atoms with Gasteiger partial charge in [0, 0.05) is 12.8 Å². The maximum Gasteiger partial charge on any atom is 0.305 e. The van der Waals surface area contributed by atoms with Crippen LogP contribution in [0.4, 0.5) is 0 Å². The van der Waals surface area contributed by atoms with Crippen molar-refractivity contribution in [2.24, 2.45) is 0 Å². The van der Waals surface area contributed by atoms with Crippen molar-refractivity contribution >= 4 is 11.8 Å². The Kier molecular flexibility index (Phi) is 17.3. The second-order valence-electron chi connectivity index (χ2n) is 6.54. The number of carbonyl (C=O) groups is 2. The topological polar surface area (TPSA) is 83.8 Å². The lowest BCUT2D eigenvalue weighted by molar-refractivity contribution is -0.147. The first-order valence-corrected chi connectivity index (χ1v) is 9.90. The zero-order valence-corrected chi connectivity index (χ0v) is 16.2. The van der Waals surface area contributed by atoms with E-state index in [0.29, 0.717) is 12.8 Å². The van der Waals surface area contributed by atoms with E-state index in [1.54, 1.807) is 6.08 Å². The molecule has 150 valence electrons. The van der Waals surface area contributed by atoms with Gasteiger partial charge in [0.2, 0.25) is 0 Å². The van der Waals surface area contributed by atoms with Gasteiger partial charge < -0.3 is 14.9 Å². The van der Waals surface area contributed by atoms with Crippen molar-refractivity contribution in [2.45, 2.75) is 83.7 Å². The number of allylic oxidation sites excluding steroid dienone is 4. The van der Waals surface area contributed by atoms with Crippen molar-refractivity contribution in [3.63, 3.8) is 0 Å². The van der Waals surface area contributed by atoms with Gasteiger partial charge in [0.25, 0.3) is 0 Å². The van der Waals surface area contributed by atoms with Gasteiger partial charge in [-0.05, 0) is 31.8 Å². The summed E-state index contributed by atoms with van der Waals surface area (Å²) in [7, 11) is 0. The number of carbonyl (C=O) groups excluding carboxylic acids is 2. The van der Waals surface area contributed by atoms with E-state index in [1.807, 2.05) is 12.2 Å². The molecule has 26 heavy (non-hydrogen) atoms. The van der Waals surface area contributed by atoms with Gasteiger partial charge in [-0.25, -0.2) is 0 Å². The summed E-state index contributed by atoms with van der Waals surface area (Å²) in [5.41, 5.74) is 0. The Morgan fingerprint density at radius 3 is 2.35 bits per heavy atom. The standard InChI is InChI=1S/C21H36O5/c1-2-3-4-5-6-8-11-14-19(23)15-12-9-7-10-13-16-21(25)26-18-20(24)17-22/h6,8,11,14,20,22,24H,2-5,7,9-10,12-13,15-18H2,1H3/b8-6-,14-11+/t20-/m0/s1. The van der Waals surface area contributed by atoms with Gasteiger partial charge in [0.05, 0.1) is 6.61 Å².